The minimum atomic E-state index is 0.734. The van der Waals surface area contributed by atoms with Gasteiger partial charge in [-0.05, 0) is 43.5 Å². The van der Waals surface area contributed by atoms with Crippen molar-refractivity contribution in [3.05, 3.63) is 53.7 Å². The van der Waals surface area contributed by atoms with Crippen molar-refractivity contribution in [2.24, 2.45) is 0 Å². The quantitative estimate of drug-likeness (QED) is 0.894. The summed E-state index contributed by atoms with van der Waals surface area (Å²) in [7, 11) is 0. The standard InChI is InChI=1S/C16H18N2S/c1-12-4-8-15(9-5-12)19-16-13(3-2-10-17-16)11-18-14-6-7-14/h2-5,8-10,14,18H,6-7,11H2,1H3. The first-order valence-electron chi connectivity index (χ1n) is 6.73. The van der Waals surface area contributed by atoms with Crippen LogP contribution in [0.2, 0.25) is 0 Å². The molecule has 2 aromatic rings. The van der Waals surface area contributed by atoms with Gasteiger partial charge in [-0.25, -0.2) is 4.98 Å². The van der Waals surface area contributed by atoms with E-state index in [2.05, 4.69) is 47.6 Å². The molecule has 0 spiro atoms. The lowest BCUT2D eigenvalue weighted by Crippen LogP contribution is -2.16. The van der Waals surface area contributed by atoms with Crippen LogP contribution in [-0.2, 0) is 6.54 Å². The van der Waals surface area contributed by atoms with Crippen LogP contribution in [0.25, 0.3) is 0 Å². The Balaban J connectivity index is 1.73. The second-order valence-corrected chi connectivity index (χ2v) is 6.10. The average molecular weight is 270 g/mol. The van der Waals surface area contributed by atoms with Crippen molar-refractivity contribution in [3.8, 4) is 0 Å². The molecule has 0 unspecified atom stereocenters. The predicted octanol–water partition coefficient (Wildman–Crippen LogP) is 3.79. The van der Waals surface area contributed by atoms with Gasteiger partial charge in [0.2, 0.25) is 0 Å². The van der Waals surface area contributed by atoms with Crippen molar-refractivity contribution in [1.82, 2.24) is 10.3 Å². The summed E-state index contributed by atoms with van der Waals surface area (Å²) in [5.41, 5.74) is 2.58. The summed E-state index contributed by atoms with van der Waals surface area (Å²) in [6.07, 6.45) is 4.51. The fourth-order valence-corrected chi connectivity index (χ4v) is 2.79. The maximum atomic E-state index is 4.52. The monoisotopic (exact) mass is 270 g/mol. The molecule has 1 aromatic heterocycles. The summed E-state index contributed by atoms with van der Waals surface area (Å²) >= 11 is 1.74. The van der Waals surface area contributed by atoms with Gasteiger partial charge >= 0.3 is 0 Å². The van der Waals surface area contributed by atoms with Gasteiger partial charge in [-0.15, -0.1) is 0 Å². The molecule has 1 N–H and O–H groups in total. The van der Waals surface area contributed by atoms with Gasteiger partial charge in [-0.1, -0.05) is 35.5 Å². The molecule has 0 amide bonds. The number of benzene rings is 1. The summed E-state index contributed by atoms with van der Waals surface area (Å²) < 4.78 is 0. The van der Waals surface area contributed by atoms with Gasteiger partial charge in [0.1, 0.15) is 5.03 Å². The highest BCUT2D eigenvalue weighted by molar-refractivity contribution is 7.99. The van der Waals surface area contributed by atoms with Gasteiger partial charge in [0.15, 0.2) is 0 Å². The van der Waals surface area contributed by atoms with Crippen molar-refractivity contribution in [2.45, 2.75) is 42.3 Å². The third kappa shape index (κ3) is 3.58. The molecule has 2 nitrogen and oxygen atoms in total. The molecule has 1 aliphatic rings. The maximum absolute atomic E-state index is 4.52. The van der Waals surface area contributed by atoms with E-state index >= 15 is 0 Å². The van der Waals surface area contributed by atoms with Crippen LogP contribution in [-0.4, -0.2) is 11.0 Å². The van der Waals surface area contributed by atoms with Crippen LogP contribution in [0.1, 0.15) is 24.0 Å². The van der Waals surface area contributed by atoms with Gasteiger partial charge in [0.25, 0.3) is 0 Å². The molecule has 1 aliphatic carbocycles. The summed E-state index contributed by atoms with van der Waals surface area (Å²) in [4.78, 5) is 5.76. The van der Waals surface area contributed by atoms with E-state index in [0.717, 1.165) is 17.6 Å². The van der Waals surface area contributed by atoms with E-state index in [1.54, 1.807) is 11.8 Å². The zero-order chi connectivity index (χ0) is 13.1. The Kier molecular flexibility index (Phi) is 3.85. The lowest BCUT2D eigenvalue weighted by atomic mass is 10.2. The minimum Gasteiger partial charge on any atom is -0.310 e. The molecule has 1 fully saturated rings. The van der Waals surface area contributed by atoms with Gasteiger partial charge in [-0.3, -0.25) is 0 Å². The second-order valence-electron chi connectivity index (χ2n) is 5.04. The van der Waals surface area contributed by atoms with Crippen LogP contribution in [0.15, 0.2) is 52.5 Å². The van der Waals surface area contributed by atoms with Crippen LogP contribution < -0.4 is 5.32 Å². The number of nitrogens with zero attached hydrogens (tertiary/aromatic N) is 1. The molecule has 0 radical (unpaired) electrons. The maximum Gasteiger partial charge on any atom is 0.105 e. The Morgan fingerprint density at radius 3 is 2.74 bits per heavy atom. The first-order chi connectivity index (χ1) is 9.31. The summed E-state index contributed by atoms with van der Waals surface area (Å²) in [6, 6.07) is 13.5. The van der Waals surface area contributed by atoms with Crippen LogP contribution in [0.4, 0.5) is 0 Å². The lowest BCUT2D eigenvalue weighted by Gasteiger charge is -2.09. The van der Waals surface area contributed by atoms with Crippen molar-refractivity contribution in [1.29, 1.82) is 0 Å². The fourth-order valence-electron chi connectivity index (χ4n) is 1.91. The molecule has 1 aromatic carbocycles. The molecule has 98 valence electrons. The van der Waals surface area contributed by atoms with E-state index in [0.29, 0.717) is 0 Å². The summed E-state index contributed by atoms with van der Waals surface area (Å²) in [5, 5.41) is 4.67. The van der Waals surface area contributed by atoms with Gasteiger partial charge < -0.3 is 5.32 Å². The highest BCUT2D eigenvalue weighted by atomic mass is 32.2. The molecule has 3 heteroatoms. The van der Waals surface area contributed by atoms with Crippen LogP contribution in [0.5, 0.6) is 0 Å². The molecule has 1 saturated carbocycles. The lowest BCUT2D eigenvalue weighted by molar-refractivity contribution is 0.675. The summed E-state index contributed by atoms with van der Waals surface area (Å²) in [6.45, 7) is 3.03. The SMILES string of the molecule is Cc1ccc(Sc2ncccc2CNC2CC2)cc1. The number of pyridine rings is 1. The third-order valence-corrected chi connectivity index (χ3v) is 4.31. The van der Waals surface area contributed by atoms with E-state index in [4.69, 9.17) is 0 Å². The van der Waals surface area contributed by atoms with Crippen molar-refractivity contribution < 1.29 is 0 Å². The highest BCUT2D eigenvalue weighted by Crippen LogP contribution is 2.29. The zero-order valence-electron chi connectivity index (χ0n) is 11.1. The number of hydrogen-bond acceptors (Lipinski definition) is 3. The van der Waals surface area contributed by atoms with Gasteiger partial charge in [0.05, 0.1) is 0 Å². The molecule has 0 bridgehead atoms. The van der Waals surface area contributed by atoms with Gasteiger partial charge in [-0.2, -0.15) is 0 Å². The number of hydrogen-bond donors (Lipinski definition) is 1. The van der Waals surface area contributed by atoms with E-state index in [-0.39, 0.29) is 0 Å². The first kappa shape index (κ1) is 12.7. The Morgan fingerprint density at radius 2 is 2.00 bits per heavy atom. The molecule has 3 rings (SSSR count). The number of nitrogens with one attached hydrogen (secondary N) is 1. The normalized spacial score (nSPS) is 14.6. The predicted molar refractivity (Wildman–Crippen MR) is 79.4 cm³/mol. The van der Waals surface area contributed by atoms with Crippen LogP contribution >= 0.6 is 11.8 Å². The number of aromatic nitrogens is 1. The van der Waals surface area contributed by atoms with Crippen molar-refractivity contribution in [3.63, 3.8) is 0 Å². The van der Waals surface area contributed by atoms with Crippen molar-refractivity contribution >= 4 is 11.8 Å². The minimum absolute atomic E-state index is 0.734. The van der Waals surface area contributed by atoms with E-state index in [9.17, 15) is 0 Å². The molecule has 19 heavy (non-hydrogen) atoms. The molecule has 0 atom stereocenters. The Labute approximate surface area is 118 Å². The van der Waals surface area contributed by atoms with E-state index < -0.39 is 0 Å². The molecule has 1 heterocycles. The molecular weight excluding hydrogens is 252 g/mol. The average Bonchev–Trinajstić information content (AvgIpc) is 3.25. The largest absolute Gasteiger partial charge is 0.310 e. The fraction of sp³-hybridized carbons (Fsp3) is 0.312. The first-order valence-corrected chi connectivity index (χ1v) is 7.55. The number of aryl methyl sites for hydroxylation is 1. The number of rotatable bonds is 5. The Hall–Kier alpha value is -1.32. The zero-order valence-corrected chi connectivity index (χ0v) is 11.9. The topological polar surface area (TPSA) is 24.9 Å². The Bertz CT molecular complexity index is 547. The van der Waals surface area contributed by atoms with Crippen LogP contribution in [0, 0.1) is 6.92 Å². The van der Waals surface area contributed by atoms with Crippen molar-refractivity contribution in [2.75, 3.05) is 0 Å². The molecule has 0 saturated heterocycles. The smallest absolute Gasteiger partial charge is 0.105 e. The third-order valence-electron chi connectivity index (χ3n) is 3.24. The van der Waals surface area contributed by atoms with E-state index in [1.165, 1.54) is 28.9 Å². The van der Waals surface area contributed by atoms with E-state index in [1.807, 2.05) is 12.3 Å². The molecule has 0 aliphatic heterocycles. The second kappa shape index (κ2) is 5.76. The van der Waals surface area contributed by atoms with Crippen LogP contribution in [0.3, 0.4) is 0 Å². The van der Waals surface area contributed by atoms with Gasteiger partial charge in [0, 0.05) is 23.7 Å². The summed E-state index contributed by atoms with van der Waals surface area (Å²) in [5.74, 6) is 0. The Morgan fingerprint density at radius 1 is 1.21 bits per heavy atom. The molecular formula is C16H18N2S. The highest BCUT2D eigenvalue weighted by Gasteiger charge is 2.20.